The van der Waals surface area contributed by atoms with Gasteiger partial charge in [-0.1, -0.05) is 0 Å². The van der Waals surface area contributed by atoms with Crippen molar-refractivity contribution in [3.8, 4) is 0 Å². The second-order valence-corrected chi connectivity index (χ2v) is 3.41. The molecule has 2 rings (SSSR count). The van der Waals surface area contributed by atoms with Gasteiger partial charge in [0, 0.05) is 18.9 Å². The van der Waals surface area contributed by atoms with Gasteiger partial charge >= 0.3 is 0 Å². The summed E-state index contributed by atoms with van der Waals surface area (Å²) in [5, 5.41) is 6.67. The summed E-state index contributed by atoms with van der Waals surface area (Å²) in [6.07, 6.45) is 4.46. The molecule has 0 radical (unpaired) electrons. The molecule has 0 atom stereocenters. The van der Waals surface area contributed by atoms with Crippen LogP contribution in [0.1, 0.15) is 17.3 Å². The van der Waals surface area contributed by atoms with E-state index in [0.717, 1.165) is 12.6 Å². The van der Waals surface area contributed by atoms with E-state index in [9.17, 15) is 9.18 Å². The maximum atomic E-state index is 12.6. The molecule has 0 fully saturated rings. The van der Waals surface area contributed by atoms with Crippen LogP contribution < -0.4 is 5.32 Å². The van der Waals surface area contributed by atoms with Gasteiger partial charge in [0.2, 0.25) is 5.95 Å². The third kappa shape index (κ3) is 2.66. The zero-order chi connectivity index (χ0) is 12.3. The first-order valence-corrected chi connectivity index (χ1v) is 5.14. The Morgan fingerprint density at radius 1 is 1.47 bits per heavy atom. The third-order valence-electron chi connectivity index (χ3n) is 2.20. The summed E-state index contributed by atoms with van der Waals surface area (Å²) in [5.41, 5.74) is 0.900. The lowest BCUT2D eigenvalue weighted by Gasteiger charge is -2.01. The maximum absolute atomic E-state index is 12.6. The fraction of sp³-hybridized carbons (Fsp3) is 0.182. The average molecular weight is 234 g/mol. The third-order valence-corrected chi connectivity index (χ3v) is 2.20. The first kappa shape index (κ1) is 11.3. The van der Waals surface area contributed by atoms with Gasteiger partial charge in [0.05, 0.1) is 17.4 Å². The topological polar surface area (TPSA) is 59.8 Å². The molecule has 0 aliphatic rings. The Labute approximate surface area is 97.3 Å². The number of nitrogens with one attached hydrogen (secondary N) is 1. The largest absolute Gasteiger partial charge is 0.319 e. The normalized spacial score (nSPS) is 10.2. The van der Waals surface area contributed by atoms with Crippen molar-refractivity contribution < 1.29 is 9.18 Å². The SMILES string of the molecule is CCn1cc(NC(=O)c2ccc(F)nc2)cn1. The standard InChI is InChI=1S/C11H11FN4O/c1-2-16-7-9(6-14-16)15-11(17)8-3-4-10(12)13-5-8/h3-7H,2H2,1H3,(H,15,17). The van der Waals surface area contributed by atoms with E-state index in [1.807, 2.05) is 6.92 Å². The fourth-order valence-corrected chi connectivity index (χ4v) is 1.31. The molecule has 17 heavy (non-hydrogen) atoms. The molecule has 2 aromatic heterocycles. The minimum Gasteiger partial charge on any atom is -0.319 e. The van der Waals surface area contributed by atoms with E-state index in [-0.39, 0.29) is 5.91 Å². The number of hydrogen-bond acceptors (Lipinski definition) is 3. The lowest BCUT2D eigenvalue weighted by atomic mass is 10.2. The minimum absolute atomic E-state index is 0.302. The average Bonchev–Trinajstić information content (AvgIpc) is 2.77. The zero-order valence-corrected chi connectivity index (χ0v) is 9.22. The molecular weight excluding hydrogens is 223 g/mol. The van der Waals surface area contributed by atoms with Crippen LogP contribution in [0.25, 0.3) is 0 Å². The van der Waals surface area contributed by atoms with E-state index in [0.29, 0.717) is 11.3 Å². The predicted octanol–water partition coefficient (Wildman–Crippen LogP) is 1.69. The molecule has 1 N–H and O–H groups in total. The number of amides is 1. The highest BCUT2D eigenvalue weighted by Gasteiger charge is 2.07. The van der Waals surface area contributed by atoms with Crippen LogP contribution >= 0.6 is 0 Å². The van der Waals surface area contributed by atoms with Crippen molar-refractivity contribution in [3.63, 3.8) is 0 Å². The van der Waals surface area contributed by atoms with Gasteiger partial charge in [-0.3, -0.25) is 9.48 Å². The van der Waals surface area contributed by atoms with Gasteiger partial charge in [0.15, 0.2) is 0 Å². The molecule has 0 aliphatic carbocycles. The molecule has 0 spiro atoms. The van der Waals surface area contributed by atoms with E-state index in [4.69, 9.17) is 0 Å². The van der Waals surface area contributed by atoms with Crippen LogP contribution in [0.5, 0.6) is 0 Å². The Morgan fingerprint density at radius 2 is 2.29 bits per heavy atom. The van der Waals surface area contributed by atoms with Gasteiger partial charge in [0.25, 0.3) is 5.91 Å². The summed E-state index contributed by atoms with van der Waals surface area (Å²) in [5.74, 6) is -0.950. The highest BCUT2D eigenvalue weighted by atomic mass is 19.1. The maximum Gasteiger partial charge on any atom is 0.257 e. The van der Waals surface area contributed by atoms with Gasteiger partial charge in [-0.25, -0.2) is 4.98 Å². The van der Waals surface area contributed by atoms with Crippen molar-refractivity contribution >= 4 is 11.6 Å². The number of rotatable bonds is 3. The molecule has 2 aromatic rings. The summed E-state index contributed by atoms with van der Waals surface area (Å²) in [4.78, 5) is 15.1. The molecule has 88 valence electrons. The number of hydrogen-bond donors (Lipinski definition) is 1. The van der Waals surface area contributed by atoms with E-state index >= 15 is 0 Å². The van der Waals surface area contributed by atoms with Crippen molar-refractivity contribution in [1.29, 1.82) is 0 Å². The molecular formula is C11H11FN4O. The highest BCUT2D eigenvalue weighted by Crippen LogP contribution is 2.07. The number of aryl methyl sites for hydroxylation is 1. The Bertz CT molecular complexity index is 521. The van der Waals surface area contributed by atoms with Crippen molar-refractivity contribution in [3.05, 3.63) is 42.2 Å². The number of carbonyl (C=O) groups is 1. The highest BCUT2D eigenvalue weighted by molar-refractivity contribution is 6.03. The first-order chi connectivity index (χ1) is 8.19. The predicted molar refractivity (Wildman–Crippen MR) is 60.0 cm³/mol. The van der Waals surface area contributed by atoms with Gasteiger partial charge in [-0.15, -0.1) is 0 Å². The molecule has 0 saturated carbocycles. The molecule has 0 unspecified atom stereocenters. The number of anilines is 1. The molecule has 0 saturated heterocycles. The van der Waals surface area contributed by atoms with Crippen molar-refractivity contribution in [2.45, 2.75) is 13.5 Å². The van der Waals surface area contributed by atoms with Gasteiger partial charge in [0.1, 0.15) is 0 Å². The summed E-state index contributed by atoms with van der Waals surface area (Å²) in [7, 11) is 0. The Balaban J connectivity index is 2.08. The molecule has 5 nitrogen and oxygen atoms in total. The molecule has 2 heterocycles. The van der Waals surface area contributed by atoms with Crippen molar-refractivity contribution in [1.82, 2.24) is 14.8 Å². The number of nitrogens with zero attached hydrogens (tertiary/aromatic N) is 3. The zero-order valence-electron chi connectivity index (χ0n) is 9.22. The lowest BCUT2D eigenvalue weighted by molar-refractivity contribution is 0.102. The molecule has 1 amide bonds. The van der Waals surface area contributed by atoms with E-state index in [2.05, 4.69) is 15.4 Å². The number of aromatic nitrogens is 3. The molecule has 0 bridgehead atoms. The summed E-state index contributed by atoms with van der Waals surface area (Å²) in [6.45, 7) is 2.68. The molecule has 0 aromatic carbocycles. The van der Waals surface area contributed by atoms with Gasteiger partial charge in [-0.2, -0.15) is 9.49 Å². The Kier molecular flexibility index (Phi) is 3.13. The fourth-order valence-electron chi connectivity index (χ4n) is 1.31. The van der Waals surface area contributed by atoms with Crippen molar-refractivity contribution in [2.75, 3.05) is 5.32 Å². The molecule has 0 aliphatic heterocycles. The minimum atomic E-state index is -0.611. The van der Waals surface area contributed by atoms with Crippen LogP contribution in [0.4, 0.5) is 10.1 Å². The smallest absolute Gasteiger partial charge is 0.257 e. The Morgan fingerprint density at radius 3 is 2.88 bits per heavy atom. The van der Waals surface area contributed by atoms with Crippen molar-refractivity contribution in [2.24, 2.45) is 0 Å². The van der Waals surface area contributed by atoms with E-state index in [1.165, 1.54) is 12.3 Å². The van der Waals surface area contributed by atoms with Gasteiger partial charge < -0.3 is 5.32 Å². The summed E-state index contributed by atoms with van der Waals surface area (Å²) < 4.78 is 14.3. The number of pyridine rings is 1. The number of halogens is 1. The van der Waals surface area contributed by atoms with Gasteiger partial charge in [-0.05, 0) is 19.1 Å². The summed E-state index contributed by atoms with van der Waals surface area (Å²) in [6, 6.07) is 2.52. The van der Waals surface area contributed by atoms with E-state index in [1.54, 1.807) is 17.1 Å². The summed E-state index contributed by atoms with van der Waals surface area (Å²) >= 11 is 0. The second kappa shape index (κ2) is 4.73. The van der Waals surface area contributed by atoms with Crippen LogP contribution in [0.2, 0.25) is 0 Å². The van der Waals surface area contributed by atoms with Crippen LogP contribution in [-0.4, -0.2) is 20.7 Å². The Hall–Kier alpha value is -2.24. The van der Waals surface area contributed by atoms with E-state index < -0.39 is 5.95 Å². The molecule has 6 heteroatoms. The lowest BCUT2D eigenvalue weighted by Crippen LogP contribution is -2.11. The van der Waals surface area contributed by atoms with Crippen LogP contribution in [0.15, 0.2) is 30.7 Å². The van der Waals surface area contributed by atoms with Crippen LogP contribution in [0, 0.1) is 5.95 Å². The van der Waals surface area contributed by atoms with Crippen LogP contribution in [-0.2, 0) is 6.54 Å². The first-order valence-electron chi connectivity index (χ1n) is 5.14. The number of carbonyl (C=O) groups excluding carboxylic acids is 1. The second-order valence-electron chi connectivity index (χ2n) is 3.41. The quantitative estimate of drug-likeness (QED) is 0.822. The monoisotopic (exact) mass is 234 g/mol. The van der Waals surface area contributed by atoms with Crippen LogP contribution in [0.3, 0.4) is 0 Å².